The summed E-state index contributed by atoms with van der Waals surface area (Å²) < 4.78 is 11.3. The molecule has 3 rings (SSSR count). The van der Waals surface area contributed by atoms with Gasteiger partial charge in [0.15, 0.2) is 5.01 Å². The maximum Gasteiger partial charge on any atom is 0.258 e. The summed E-state index contributed by atoms with van der Waals surface area (Å²) in [6.45, 7) is 4.28. The summed E-state index contributed by atoms with van der Waals surface area (Å²) in [5, 5.41) is 12.7. The number of aromatic nitrogens is 2. The van der Waals surface area contributed by atoms with Crippen LogP contribution in [0.25, 0.3) is 0 Å². The molecule has 1 fully saturated rings. The zero-order valence-corrected chi connectivity index (χ0v) is 15.0. The summed E-state index contributed by atoms with van der Waals surface area (Å²) in [7, 11) is 0. The molecule has 2 heterocycles. The lowest BCUT2D eigenvalue weighted by molar-refractivity contribution is -0.133. The molecule has 0 spiro atoms. The average Bonchev–Trinajstić information content (AvgIpc) is 3.20. The number of hydrogen-bond donors (Lipinski definition) is 1. The molecule has 0 aliphatic carbocycles. The maximum absolute atomic E-state index is 12.3. The molecule has 0 radical (unpaired) electrons. The van der Waals surface area contributed by atoms with Crippen LogP contribution >= 0.6 is 22.9 Å². The molecule has 8 heteroatoms. The van der Waals surface area contributed by atoms with Gasteiger partial charge in [-0.15, -0.1) is 10.2 Å². The Morgan fingerprint density at radius 2 is 2.17 bits per heavy atom. The largest absolute Gasteiger partial charge is 0.483 e. The molecular weight excluding hydrogens is 350 g/mol. The summed E-state index contributed by atoms with van der Waals surface area (Å²) in [4.78, 5) is 12.3. The number of anilines is 1. The number of benzene rings is 1. The van der Waals surface area contributed by atoms with Crippen LogP contribution < -0.4 is 10.1 Å². The number of carbonyl (C=O) groups excluding carboxylic acids is 1. The van der Waals surface area contributed by atoms with Crippen LogP contribution in [-0.2, 0) is 9.53 Å². The molecule has 6 nitrogen and oxygen atoms in total. The van der Waals surface area contributed by atoms with Crippen molar-refractivity contribution >= 4 is 34.0 Å². The van der Waals surface area contributed by atoms with E-state index in [4.69, 9.17) is 21.1 Å². The van der Waals surface area contributed by atoms with Crippen molar-refractivity contribution in [2.24, 2.45) is 0 Å². The Labute approximate surface area is 149 Å². The summed E-state index contributed by atoms with van der Waals surface area (Å²) in [5.74, 6) is 0.508. The average molecular weight is 368 g/mol. The maximum atomic E-state index is 12.3. The summed E-state index contributed by atoms with van der Waals surface area (Å²) >= 11 is 7.14. The van der Waals surface area contributed by atoms with E-state index in [-0.39, 0.29) is 12.0 Å². The Morgan fingerprint density at radius 1 is 1.42 bits per heavy atom. The van der Waals surface area contributed by atoms with E-state index in [9.17, 15) is 4.79 Å². The molecule has 1 N–H and O–H groups in total. The van der Waals surface area contributed by atoms with Crippen LogP contribution in [0.4, 0.5) is 5.13 Å². The second kappa shape index (κ2) is 7.04. The lowest BCUT2D eigenvalue weighted by Gasteiger charge is -2.20. The molecule has 2 aromatic rings. The van der Waals surface area contributed by atoms with Gasteiger partial charge in [0.2, 0.25) is 5.13 Å². The minimum absolute atomic E-state index is 0.186. The molecule has 1 aromatic heterocycles. The predicted molar refractivity (Wildman–Crippen MR) is 92.6 cm³/mol. The number of ether oxygens (including phenoxy) is 2. The quantitative estimate of drug-likeness (QED) is 0.869. The highest BCUT2D eigenvalue weighted by molar-refractivity contribution is 7.15. The Bertz CT molecular complexity index is 714. The van der Waals surface area contributed by atoms with E-state index in [1.54, 1.807) is 31.2 Å². The van der Waals surface area contributed by atoms with Crippen molar-refractivity contribution in [2.75, 3.05) is 11.9 Å². The fourth-order valence-electron chi connectivity index (χ4n) is 2.40. The Hall–Kier alpha value is -1.70. The van der Waals surface area contributed by atoms with Crippen molar-refractivity contribution in [2.45, 2.75) is 38.4 Å². The van der Waals surface area contributed by atoms with Crippen LogP contribution in [-0.4, -0.2) is 28.3 Å². The number of hydrogen-bond acceptors (Lipinski definition) is 6. The SMILES string of the molecule is C[C@H](Oc1ccc(Cl)cc1)c1nnc(NC(=O)[C@@]2(C)CCCO2)s1. The zero-order valence-electron chi connectivity index (χ0n) is 13.4. The minimum Gasteiger partial charge on any atom is -0.483 e. The smallest absolute Gasteiger partial charge is 0.258 e. The molecule has 1 aliphatic rings. The van der Waals surface area contributed by atoms with E-state index in [0.29, 0.717) is 33.9 Å². The van der Waals surface area contributed by atoms with E-state index < -0.39 is 5.60 Å². The summed E-state index contributed by atoms with van der Waals surface area (Å²) in [6, 6.07) is 7.11. The minimum atomic E-state index is -0.780. The Morgan fingerprint density at radius 3 is 2.83 bits per heavy atom. The van der Waals surface area contributed by atoms with E-state index in [1.807, 2.05) is 6.92 Å². The van der Waals surface area contributed by atoms with Gasteiger partial charge in [0.05, 0.1) is 0 Å². The van der Waals surface area contributed by atoms with Crippen molar-refractivity contribution in [1.82, 2.24) is 10.2 Å². The molecule has 0 bridgehead atoms. The van der Waals surface area contributed by atoms with Crippen LogP contribution in [0.5, 0.6) is 5.75 Å². The van der Waals surface area contributed by atoms with Crippen LogP contribution in [0.1, 0.15) is 37.8 Å². The van der Waals surface area contributed by atoms with Crippen LogP contribution in [0.2, 0.25) is 5.02 Å². The van der Waals surface area contributed by atoms with Crippen LogP contribution in [0.3, 0.4) is 0 Å². The fourth-order valence-corrected chi connectivity index (χ4v) is 3.25. The van der Waals surface area contributed by atoms with Crippen molar-refractivity contribution in [3.05, 3.63) is 34.3 Å². The number of carbonyl (C=O) groups is 1. The first-order valence-corrected chi connectivity index (χ1v) is 8.87. The van der Waals surface area contributed by atoms with Gasteiger partial charge in [-0.2, -0.15) is 0 Å². The highest BCUT2D eigenvalue weighted by atomic mass is 35.5. The van der Waals surface area contributed by atoms with Gasteiger partial charge in [-0.25, -0.2) is 0 Å². The standard InChI is InChI=1S/C16H18ClN3O3S/c1-10(23-12-6-4-11(17)5-7-12)13-19-20-15(24-13)18-14(21)16(2)8-3-9-22-16/h4-7,10H,3,8-9H2,1-2H3,(H,18,20,21)/t10-,16+/m0/s1. The van der Waals surface area contributed by atoms with E-state index in [1.165, 1.54) is 11.3 Å². The molecule has 1 aromatic carbocycles. The van der Waals surface area contributed by atoms with E-state index in [2.05, 4.69) is 15.5 Å². The van der Waals surface area contributed by atoms with E-state index >= 15 is 0 Å². The topological polar surface area (TPSA) is 73.3 Å². The Balaban J connectivity index is 1.62. The first kappa shape index (κ1) is 17.1. The zero-order chi connectivity index (χ0) is 17.2. The lowest BCUT2D eigenvalue weighted by Crippen LogP contribution is -2.39. The molecule has 128 valence electrons. The van der Waals surface area contributed by atoms with Gasteiger partial charge in [0, 0.05) is 11.6 Å². The lowest BCUT2D eigenvalue weighted by atomic mass is 10.0. The second-order valence-corrected chi connectivity index (χ2v) is 7.24. The van der Waals surface area contributed by atoms with Gasteiger partial charge in [0.25, 0.3) is 5.91 Å². The van der Waals surface area contributed by atoms with Crippen LogP contribution in [0.15, 0.2) is 24.3 Å². The molecule has 0 saturated carbocycles. The monoisotopic (exact) mass is 367 g/mol. The van der Waals surface area contributed by atoms with Gasteiger partial charge < -0.3 is 9.47 Å². The van der Waals surface area contributed by atoms with E-state index in [0.717, 1.165) is 6.42 Å². The Kier molecular flexibility index (Phi) is 5.03. The predicted octanol–water partition coefficient (Wildman–Crippen LogP) is 3.84. The third-order valence-corrected chi connectivity index (χ3v) is 5.09. The summed E-state index contributed by atoms with van der Waals surface area (Å²) in [5.41, 5.74) is -0.780. The first-order valence-electron chi connectivity index (χ1n) is 7.67. The highest BCUT2D eigenvalue weighted by Gasteiger charge is 2.38. The van der Waals surface area contributed by atoms with Gasteiger partial charge >= 0.3 is 0 Å². The normalized spacial score (nSPS) is 21.5. The third-order valence-electron chi connectivity index (χ3n) is 3.83. The number of rotatable bonds is 5. The van der Waals surface area contributed by atoms with Gasteiger partial charge in [0.1, 0.15) is 17.5 Å². The number of nitrogens with one attached hydrogen (secondary N) is 1. The number of halogens is 1. The summed E-state index contributed by atoms with van der Waals surface area (Å²) in [6.07, 6.45) is 1.31. The molecular formula is C16H18ClN3O3S. The van der Waals surface area contributed by atoms with Crippen molar-refractivity contribution in [3.63, 3.8) is 0 Å². The molecule has 24 heavy (non-hydrogen) atoms. The second-order valence-electron chi connectivity index (χ2n) is 5.80. The van der Waals surface area contributed by atoms with Crippen molar-refractivity contribution < 1.29 is 14.3 Å². The number of amides is 1. The van der Waals surface area contributed by atoms with Crippen molar-refractivity contribution in [3.8, 4) is 5.75 Å². The van der Waals surface area contributed by atoms with Crippen LogP contribution in [0, 0.1) is 0 Å². The molecule has 1 aliphatic heterocycles. The fraction of sp³-hybridized carbons (Fsp3) is 0.438. The van der Waals surface area contributed by atoms with Gasteiger partial charge in [-0.3, -0.25) is 10.1 Å². The molecule has 1 amide bonds. The third kappa shape index (κ3) is 3.85. The highest BCUT2D eigenvalue weighted by Crippen LogP contribution is 2.30. The molecule has 2 atom stereocenters. The number of nitrogens with zero attached hydrogens (tertiary/aromatic N) is 2. The molecule has 1 saturated heterocycles. The van der Waals surface area contributed by atoms with Crippen molar-refractivity contribution in [1.29, 1.82) is 0 Å². The first-order chi connectivity index (χ1) is 11.5. The van der Waals surface area contributed by atoms with Gasteiger partial charge in [-0.05, 0) is 51.0 Å². The van der Waals surface area contributed by atoms with Gasteiger partial charge in [-0.1, -0.05) is 22.9 Å². The molecule has 0 unspecified atom stereocenters.